The summed E-state index contributed by atoms with van der Waals surface area (Å²) in [4.78, 5) is 4.91. The molecule has 3 aliphatic rings. The number of hydrogen-bond acceptors (Lipinski definition) is 2. The summed E-state index contributed by atoms with van der Waals surface area (Å²) in [6, 6.07) is 60.8. The van der Waals surface area contributed by atoms with Gasteiger partial charge in [0.15, 0.2) is 0 Å². The van der Waals surface area contributed by atoms with Gasteiger partial charge in [0.25, 0.3) is 0 Å². The maximum Gasteiger partial charge on any atom is 0.0745 e. The summed E-state index contributed by atoms with van der Waals surface area (Å²) >= 11 is 0. The van der Waals surface area contributed by atoms with Gasteiger partial charge in [-0.1, -0.05) is 133 Å². The van der Waals surface area contributed by atoms with Crippen LogP contribution in [0.25, 0.3) is 22.3 Å². The summed E-state index contributed by atoms with van der Waals surface area (Å²) in [5.41, 5.74) is 19.5. The summed E-state index contributed by atoms with van der Waals surface area (Å²) in [7, 11) is 2.26. The fourth-order valence-corrected chi connectivity index (χ4v) is 8.97. The van der Waals surface area contributed by atoms with E-state index in [-0.39, 0.29) is 5.41 Å². The third-order valence-electron chi connectivity index (χ3n) is 10.8. The van der Waals surface area contributed by atoms with Crippen LogP contribution in [0.15, 0.2) is 164 Å². The SMILES string of the molecule is CN(Cc1cccc(N2c3ccccc3Cc3ccccc32)c1)c1cccc2c1C1(c3ccccc3-c3ccccc31)c1ccccc1-2. The lowest BCUT2D eigenvalue weighted by Crippen LogP contribution is -2.29. The van der Waals surface area contributed by atoms with Crippen LogP contribution < -0.4 is 9.80 Å². The zero-order chi connectivity index (χ0) is 31.8. The Hall–Kier alpha value is -5.86. The molecule has 2 heteroatoms. The Bertz CT molecular complexity index is 2290. The molecule has 7 aromatic rings. The average molecular weight is 615 g/mol. The Kier molecular flexibility index (Phi) is 5.86. The maximum absolute atomic E-state index is 2.47. The molecule has 48 heavy (non-hydrogen) atoms. The van der Waals surface area contributed by atoms with Crippen molar-refractivity contribution in [1.82, 2.24) is 0 Å². The molecule has 0 bridgehead atoms. The molecule has 0 saturated heterocycles. The molecule has 0 unspecified atom stereocenters. The van der Waals surface area contributed by atoms with Crippen LogP contribution in [0.3, 0.4) is 0 Å². The van der Waals surface area contributed by atoms with E-state index in [9.17, 15) is 0 Å². The van der Waals surface area contributed by atoms with Gasteiger partial charge in [0.1, 0.15) is 0 Å². The van der Waals surface area contributed by atoms with Crippen molar-refractivity contribution >= 4 is 22.7 Å². The third kappa shape index (κ3) is 3.69. The monoisotopic (exact) mass is 614 g/mol. The van der Waals surface area contributed by atoms with Gasteiger partial charge in [-0.15, -0.1) is 0 Å². The van der Waals surface area contributed by atoms with E-state index in [1.165, 1.54) is 83.9 Å². The summed E-state index contributed by atoms with van der Waals surface area (Å²) < 4.78 is 0. The largest absolute Gasteiger partial charge is 0.370 e. The van der Waals surface area contributed by atoms with E-state index in [2.05, 4.69) is 181 Å². The van der Waals surface area contributed by atoms with Crippen LogP contribution in [0, 0.1) is 0 Å². The Balaban J connectivity index is 1.11. The molecule has 1 aliphatic heterocycles. The standard InChI is InChI=1S/C46H34N2/c1-47(30-31-14-12-17-34(28-31)48-42-25-10-2-15-32(42)29-33-16-3-11-26-43(33)48)44-27-13-21-38-37-20-6-9-24-41(37)46(45(38)44)39-22-7-4-18-35(39)36-19-5-8-23-40(36)46/h2-28H,29-30H2,1H3. The Morgan fingerprint density at radius 3 is 1.65 bits per heavy atom. The zero-order valence-corrected chi connectivity index (χ0v) is 26.9. The van der Waals surface area contributed by atoms with Crippen LogP contribution in [0.5, 0.6) is 0 Å². The van der Waals surface area contributed by atoms with Crippen molar-refractivity contribution < 1.29 is 0 Å². The van der Waals surface area contributed by atoms with Crippen molar-refractivity contribution in [3.05, 3.63) is 203 Å². The van der Waals surface area contributed by atoms with Gasteiger partial charge in [-0.3, -0.25) is 0 Å². The van der Waals surface area contributed by atoms with Gasteiger partial charge in [-0.25, -0.2) is 0 Å². The molecule has 2 aliphatic carbocycles. The lowest BCUT2D eigenvalue weighted by atomic mass is 9.70. The highest BCUT2D eigenvalue weighted by Crippen LogP contribution is 2.64. The van der Waals surface area contributed by atoms with Crippen LogP contribution in [0.4, 0.5) is 22.7 Å². The molecule has 2 nitrogen and oxygen atoms in total. The maximum atomic E-state index is 2.47. The molecule has 0 radical (unpaired) electrons. The third-order valence-corrected chi connectivity index (χ3v) is 10.8. The molecule has 0 fully saturated rings. The molecule has 1 heterocycles. The van der Waals surface area contributed by atoms with Gasteiger partial charge in [0.05, 0.1) is 5.41 Å². The number of rotatable bonds is 4. The second kappa shape index (κ2) is 10.3. The van der Waals surface area contributed by atoms with Crippen molar-refractivity contribution in [2.45, 2.75) is 18.4 Å². The molecule has 0 atom stereocenters. The van der Waals surface area contributed by atoms with Gasteiger partial charge in [0, 0.05) is 48.3 Å². The first-order chi connectivity index (χ1) is 23.7. The van der Waals surface area contributed by atoms with E-state index < -0.39 is 0 Å². The Morgan fingerprint density at radius 2 is 1.02 bits per heavy atom. The van der Waals surface area contributed by atoms with Gasteiger partial charge in [-0.2, -0.15) is 0 Å². The fourth-order valence-electron chi connectivity index (χ4n) is 8.97. The molecular formula is C46H34N2. The predicted octanol–water partition coefficient (Wildman–Crippen LogP) is 11.0. The lowest BCUT2D eigenvalue weighted by molar-refractivity contribution is 0.781. The zero-order valence-electron chi connectivity index (χ0n) is 26.9. The van der Waals surface area contributed by atoms with Crippen molar-refractivity contribution in [1.29, 1.82) is 0 Å². The first-order valence-electron chi connectivity index (χ1n) is 16.9. The highest BCUT2D eigenvalue weighted by Gasteiger charge is 2.52. The predicted molar refractivity (Wildman–Crippen MR) is 199 cm³/mol. The van der Waals surface area contributed by atoms with Crippen LogP contribution in [0.2, 0.25) is 0 Å². The molecule has 0 saturated carbocycles. The molecule has 7 aromatic carbocycles. The first-order valence-corrected chi connectivity index (χ1v) is 16.9. The van der Waals surface area contributed by atoms with Crippen LogP contribution in [0.1, 0.15) is 38.9 Å². The highest BCUT2D eigenvalue weighted by atomic mass is 15.2. The number of nitrogens with zero attached hydrogens (tertiary/aromatic N) is 2. The Labute approximate surface area is 282 Å². The molecule has 0 N–H and O–H groups in total. The first kappa shape index (κ1) is 27.3. The molecule has 228 valence electrons. The minimum Gasteiger partial charge on any atom is -0.370 e. The van der Waals surface area contributed by atoms with Gasteiger partial charge >= 0.3 is 0 Å². The quantitative estimate of drug-likeness (QED) is 0.195. The van der Waals surface area contributed by atoms with E-state index >= 15 is 0 Å². The minimum atomic E-state index is -0.368. The number of hydrogen-bond donors (Lipinski definition) is 0. The normalized spacial score (nSPS) is 14.1. The van der Waals surface area contributed by atoms with Crippen molar-refractivity contribution in [2.75, 3.05) is 16.8 Å². The topological polar surface area (TPSA) is 6.48 Å². The second-order valence-electron chi connectivity index (χ2n) is 13.4. The number of fused-ring (bicyclic) bond motifs is 12. The molecule has 1 spiro atoms. The van der Waals surface area contributed by atoms with E-state index in [0.717, 1.165) is 13.0 Å². The van der Waals surface area contributed by atoms with Gasteiger partial charge < -0.3 is 9.80 Å². The summed E-state index contributed by atoms with van der Waals surface area (Å²) in [5, 5.41) is 0. The fraction of sp³-hybridized carbons (Fsp3) is 0.0870. The molecule has 10 rings (SSSR count). The van der Waals surface area contributed by atoms with E-state index in [0.29, 0.717) is 0 Å². The van der Waals surface area contributed by atoms with Gasteiger partial charge in [0.2, 0.25) is 0 Å². The molecule has 0 amide bonds. The van der Waals surface area contributed by atoms with Gasteiger partial charge in [-0.05, 0) is 86.0 Å². The van der Waals surface area contributed by atoms with E-state index in [4.69, 9.17) is 0 Å². The molecule has 0 aromatic heterocycles. The minimum absolute atomic E-state index is 0.368. The van der Waals surface area contributed by atoms with E-state index in [1.54, 1.807) is 0 Å². The van der Waals surface area contributed by atoms with Crippen molar-refractivity contribution in [2.24, 2.45) is 0 Å². The second-order valence-corrected chi connectivity index (χ2v) is 13.4. The number of para-hydroxylation sites is 2. The summed E-state index contributed by atoms with van der Waals surface area (Å²) in [5.74, 6) is 0. The lowest BCUT2D eigenvalue weighted by Gasteiger charge is -2.35. The smallest absolute Gasteiger partial charge is 0.0745 e. The van der Waals surface area contributed by atoms with Crippen molar-refractivity contribution in [3.8, 4) is 22.3 Å². The summed E-state index contributed by atoms with van der Waals surface area (Å²) in [6.45, 7) is 0.789. The van der Waals surface area contributed by atoms with Crippen LogP contribution >= 0.6 is 0 Å². The summed E-state index contributed by atoms with van der Waals surface area (Å²) in [6.07, 6.45) is 0.959. The molecular weight excluding hydrogens is 581 g/mol. The highest BCUT2D eigenvalue weighted by molar-refractivity contribution is 5.97. The van der Waals surface area contributed by atoms with Crippen molar-refractivity contribution in [3.63, 3.8) is 0 Å². The number of anilines is 4. The average Bonchev–Trinajstić information content (AvgIpc) is 3.61. The Morgan fingerprint density at radius 1 is 0.521 bits per heavy atom. The van der Waals surface area contributed by atoms with Crippen LogP contribution in [-0.2, 0) is 18.4 Å². The van der Waals surface area contributed by atoms with E-state index in [1.807, 2.05) is 0 Å². The van der Waals surface area contributed by atoms with Crippen LogP contribution in [-0.4, -0.2) is 7.05 Å². The number of benzene rings is 7.